The second-order valence-corrected chi connectivity index (χ2v) is 6.68. The molecular weight excluding hydrogens is 342 g/mol. The van der Waals surface area contributed by atoms with Crippen molar-refractivity contribution in [1.29, 1.82) is 0 Å². The van der Waals surface area contributed by atoms with E-state index in [1.54, 1.807) is 11.0 Å². The standard InChI is InChI=1S/C21H21N3O3/c1-15-6-9-20(23-22-15)27-19-10-11-24(13-19)21(25)14-26-18-8-7-16-4-2-3-5-17(16)12-18/h2-9,12,19H,10-11,13-14H2,1H3. The van der Waals surface area contributed by atoms with E-state index in [0.29, 0.717) is 24.7 Å². The van der Waals surface area contributed by atoms with E-state index in [-0.39, 0.29) is 18.6 Å². The lowest BCUT2D eigenvalue weighted by Crippen LogP contribution is -2.34. The van der Waals surface area contributed by atoms with Gasteiger partial charge in [0.25, 0.3) is 5.91 Å². The highest BCUT2D eigenvalue weighted by molar-refractivity contribution is 5.84. The molecule has 4 rings (SSSR count). The van der Waals surface area contributed by atoms with Gasteiger partial charge in [-0.2, -0.15) is 5.10 Å². The molecular formula is C21H21N3O3. The van der Waals surface area contributed by atoms with Gasteiger partial charge in [-0.3, -0.25) is 4.79 Å². The minimum absolute atomic E-state index is 0.0232. The average molecular weight is 363 g/mol. The van der Waals surface area contributed by atoms with Crippen LogP contribution in [0.25, 0.3) is 10.8 Å². The number of benzene rings is 2. The van der Waals surface area contributed by atoms with Gasteiger partial charge >= 0.3 is 0 Å². The summed E-state index contributed by atoms with van der Waals surface area (Å²) in [5.74, 6) is 1.15. The quantitative estimate of drug-likeness (QED) is 0.697. The third-order valence-corrected chi connectivity index (χ3v) is 4.64. The Labute approximate surface area is 157 Å². The van der Waals surface area contributed by atoms with Crippen molar-refractivity contribution in [3.63, 3.8) is 0 Å². The van der Waals surface area contributed by atoms with Gasteiger partial charge in [-0.1, -0.05) is 30.3 Å². The van der Waals surface area contributed by atoms with Crippen LogP contribution in [-0.2, 0) is 4.79 Å². The van der Waals surface area contributed by atoms with E-state index < -0.39 is 0 Å². The molecule has 27 heavy (non-hydrogen) atoms. The molecule has 1 saturated heterocycles. The zero-order valence-electron chi connectivity index (χ0n) is 15.2. The summed E-state index contributed by atoms with van der Waals surface area (Å²) < 4.78 is 11.5. The number of nitrogens with zero attached hydrogens (tertiary/aromatic N) is 3. The molecule has 0 bridgehead atoms. The number of hydrogen-bond acceptors (Lipinski definition) is 5. The zero-order valence-corrected chi connectivity index (χ0v) is 15.2. The van der Waals surface area contributed by atoms with Crippen molar-refractivity contribution in [3.05, 3.63) is 60.3 Å². The first-order valence-corrected chi connectivity index (χ1v) is 9.04. The Bertz CT molecular complexity index is 943. The molecule has 1 fully saturated rings. The lowest BCUT2D eigenvalue weighted by Gasteiger charge is -2.17. The summed E-state index contributed by atoms with van der Waals surface area (Å²) in [5, 5.41) is 10.2. The van der Waals surface area contributed by atoms with Crippen molar-refractivity contribution in [3.8, 4) is 11.6 Å². The number of amides is 1. The summed E-state index contributed by atoms with van der Waals surface area (Å²) in [6.07, 6.45) is 0.712. The fourth-order valence-electron chi connectivity index (χ4n) is 3.16. The molecule has 0 saturated carbocycles. The maximum Gasteiger partial charge on any atom is 0.260 e. The fourth-order valence-corrected chi connectivity index (χ4v) is 3.16. The lowest BCUT2D eigenvalue weighted by atomic mass is 10.1. The molecule has 6 heteroatoms. The van der Waals surface area contributed by atoms with Crippen LogP contribution in [-0.4, -0.2) is 46.8 Å². The monoisotopic (exact) mass is 363 g/mol. The Kier molecular flexibility index (Phi) is 4.87. The first-order chi connectivity index (χ1) is 13.2. The Balaban J connectivity index is 1.30. The minimum atomic E-state index is -0.0633. The molecule has 0 N–H and O–H groups in total. The van der Waals surface area contributed by atoms with Gasteiger partial charge in [0.1, 0.15) is 11.9 Å². The van der Waals surface area contributed by atoms with Crippen molar-refractivity contribution in [2.24, 2.45) is 0 Å². The number of aryl methyl sites for hydroxylation is 1. The Morgan fingerprint density at radius 1 is 1.11 bits per heavy atom. The molecule has 2 heterocycles. The van der Waals surface area contributed by atoms with Crippen LogP contribution < -0.4 is 9.47 Å². The normalized spacial score (nSPS) is 16.5. The third kappa shape index (κ3) is 4.16. The predicted octanol–water partition coefficient (Wildman–Crippen LogP) is 3.00. The molecule has 1 unspecified atom stereocenters. The first-order valence-electron chi connectivity index (χ1n) is 9.04. The number of rotatable bonds is 5. The molecule has 6 nitrogen and oxygen atoms in total. The van der Waals surface area contributed by atoms with Crippen molar-refractivity contribution in [2.45, 2.75) is 19.4 Å². The molecule has 1 amide bonds. The SMILES string of the molecule is Cc1ccc(OC2CCN(C(=O)COc3ccc4ccccc4c3)C2)nn1. The van der Waals surface area contributed by atoms with E-state index in [9.17, 15) is 4.79 Å². The number of carbonyl (C=O) groups excluding carboxylic acids is 1. The largest absolute Gasteiger partial charge is 0.484 e. The Hall–Kier alpha value is -3.15. The van der Waals surface area contributed by atoms with Crippen molar-refractivity contribution in [2.75, 3.05) is 19.7 Å². The number of ether oxygens (including phenoxy) is 2. The molecule has 1 aliphatic heterocycles. The molecule has 138 valence electrons. The van der Waals surface area contributed by atoms with Crippen LogP contribution in [0, 0.1) is 6.92 Å². The maximum atomic E-state index is 12.4. The van der Waals surface area contributed by atoms with E-state index >= 15 is 0 Å². The summed E-state index contributed by atoms with van der Waals surface area (Å²) in [5.41, 5.74) is 0.844. The fraction of sp³-hybridized carbons (Fsp3) is 0.286. The second-order valence-electron chi connectivity index (χ2n) is 6.68. The molecule has 0 spiro atoms. The van der Waals surface area contributed by atoms with Crippen LogP contribution in [0.2, 0.25) is 0 Å². The summed E-state index contributed by atoms with van der Waals surface area (Å²) >= 11 is 0. The van der Waals surface area contributed by atoms with Crippen LogP contribution in [0.3, 0.4) is 0 Å². The number of hydrogen-bond donors (Lipinski definition) is 0. The van der Waals surface area contributed by atoms with Gasteiger partial charge in [-0.05, 0) is 35.9 Å². The van der Waals surface area contributed by atoms with Crippen molar-refractivity contribution in [1.82, 2.24) is 15.1 Å². The van der Waals surface area contributed by atoms with Gasteiger partial charge in [0.05, 0.1) is 12.2 Å². The van der Waals surface area contributed by atoms with Crippen LogP contribution >= 0.6 is 0 Å². The van der Waals surface area contributed by atoms with Gasteiger partial charge in [0.2, 0.25) is 5.88 Å². The second kappa shape index (κ2) is 7.61. The number of fused-ring (bicyclic) bond motifs is 1. The summed E-state index contributed by atoms with van der Waals surface area (Å²) in [4.78, 5) is 14.2. The highest BCUT2D eigenvalue weighted by Gasteiger charge is 2.28. The summed E-state index contributed by atoms with van der Waals surface area (Å²) in [6.45, 7) is 3.09. The average Bonchev–Trinajstić information content (AvgIpc) is 3.16. The van der Waals surface area contributed by atoms with E-state index in [0.717, 1.165) is 22.9 Å². The molecule has 3 aromatic rings. The molecule has 1 atom stereocenters. The van der Waals surface area contributed by atoms with Crippen molar-refractivity contribution >= 4 is 16.7 Å². The first kappa shape index (κ1) is 17.3. The van der Waals surface area contributed by atoms with Gasteiger partial charge < -0.3 is 14.4 Å². The Morgan fingerprint density at radius 3 is 2.78 bits per heavy atom. The van der Waals surface area contributed by atoms with E-state index in [2.05, 4.69) is 10.2 Å². The topological polar surface area (TPSA) is 64.5 Å². The van der Waals surface area contributed by atoms with Gasteiger partial charge in [-0.15, -0.1) is 5.10 Å². The van der Waals surface area contributed by atoms with Gasteiger partial charge in [-0.25, -0.2) is 0 Å². The smallest absolute Gasteiger partial charge is 0.260 e. The van der Waals surface area contributed by atoms with Crippen LogP contribution in [0.15, 0.2) is 54.6 Å². The van der Waals surface area contributed by atoms with Gasteiger partial charge in [0.15, 0.2) is 6.61 Å². The summed E-state index contributed by atoms with van der Waals surface area (Å²) in [6, 6.07) is 17.6. The maximum absolute atomic E-state index is 12.4. The molecule has 1 aromatic heterocycles. The predicted molar refractivity (Wildman–Crippen MR) is 102 cm³/mol. The van der Waals surface area contributed by atoms with Crippen molar-refractivity contribution < 1.29 is 14.3 Å². The summed E-state index contributed by atoms with van der Waals surface area (Å²) in [7, 11) is 0. The van der Waals surface area contributed by atoms with Gasteiger partial charge in [0, 0.05) is 19.0 Å². The lowest BCUT2D eigenvalue weighted by molar-refractivity contribution is -0.132. The molecule has 0 aliphatic carbocycles. The minimum Gasteiger partial charge on any atom is -0.484 e. The van der Waals surface area contributed by atoms with E-state index in [4.69, 9.17) is 9.47 Å². The van der Waals surface area contributed by atoms with Crippen LogP contribution in [0.1, 0.15) is 12.1 Å². The number of aromatic nitrogens is 2. The van der Waals surface area contributed by atoms with Crippen LogP contribution in [0.5, 0.6) is 11.6 Å². The zero-order chi connectivity index (χ0) is 18.6. The Morgan fingerprint density at radius 2 is 1.96 bits per heavy atom. The number of likely N-dealkylation sites (tertiary alicyclic amines) is 1. The molecule has 2 aromatic carbocycles. The van der Waals surface area contributed by atoms with Crippen LogP contribution in [0.4, 0.5) is 0 Å². The van der Waals surface area contributed by atoms with E-state index in [1.807, 2.05) is 55.5 Å². The highest BCUT2D eigenvalue weighted by atomic mass is 16.5. The van der Waals surface area contributed by atoms with E-state index in [1.165, 1.54) is 0 Å². The highest BCUT2D eigenvalue weighted by Crippen LogP contribution is 2.21. The third-order valence-electron chi connectivity index (χ3n) is 4.64. The number of carbonyl (C=O) groups is 1. The molecule has 0 radical (unpaired) electrons. The molecule has 1 aliphatic rings.